The molecule has 0 aliphatic heterocycles. The second-order valence-corrected chi connectivity index (χ2v) is 7.64. The van der Waals surface area contributed by atoms with Crippen LogP contribution in [-0.2, 0) is 26.4 Å². The van der Waals surface area contributed by atoms with Gasteiger partial charge in [-0.1, -0.05) is 12.1 Å². The zero-order valence-electron chi connectivity index (χ0n) is 9.72. The molecule has 1 atom stereocenters. The van der Waals surface area contributed by atoms with Crippen LogP contribution in [0, 0.1) is 17.1 Å². The minimum absolute atomic E-state index is 0.0327. The van der Waals surface area contributed by atoms with E-state index in [0.29, 0.717) is 0 Å². The molecule has 0 saturated carbocycles. The van der Waals surface area contributed by atoms with Gasteiger partial charge in [0.1, 0.15) is 21.7 Å². The molecule has 18 heavy (non-hydrogen) atoms. The Hall–Kier alpha value is -1.26. The van der Waals surface area contributed by atoms with Gasteiger partial charge in [0, 0.05) is 28.4 Å². The molecule has 0 aliphatic rings. The molecule has 0 N–H and O–H groups in total. The summed E-state index contributed by atoms with van der Waals surface area (Å²) < 4.78 is 47.0. The second-order valence-electron chi connectivity index (χ2n) is 3.81. The fourth-order valence-electron chi connectivity index (χ4n) is 1.27. The standard InChI is InChI=1S/C11H12FNO3S2/c1-18(15,16)6-5-17(14)8-10-4-2-3-9(7-13)11(10)12/h2-4H,5-6,8H2,1H3. The van der Waals surface area contributed by atoms with Crippen LogP contribution in [0.1, 0.15) is 11.1 Å². The van der Waals surface area contributed by atoms with Crippen molar-refractivity contribution in [2.24, 2.45) is 0 Å². The lowest BCUT2D eigenvalue weighted by molar-refractivity contribution is 0.602. The largest absolute Gasteiger partial charge is 0.259 e. The number of benzene rings is 1. The Morgan fingerprint density at radius 3 is 2.67 bits per heavy atom. The third kappa shape index (κ3) is 4.55. The summed E-state index contributed by atoms with van der Waals surface area (Å²) >= 11 is 0. The molecular formula is C11H12FNO3S2. The molecule has 1 rings (SSSR count). The number of sulfone groups is 1. The van der Waals surface area contributed by atoms with Gasteiger partial charge in [-0.3, -0.25) is 4.21 Å². The van der Waals surface area contributed by atoms with Gasteiger partial charge in [0.15, 0.2) is 0 Å². The van der Waals surface area contributed by atoms with Crippen molar-refractivity contribution >= 4 is 20.6 Å². The number of nitriles is 1. The lowest BCUT2D eigenvalue weighted by atomic mass is 10.1. The molecule has 4 nitrogen and oxygen atoms in total. The molecule has 1 aromatic carbocycles. The van der Waals surface area contributed by atoms with E-state index in [4.69, 9.17) is 5.26 Å². The summed E-state index contributed by atoms with van der Waals surface area (Å²) in [7, 11) is -4.64. The van der Waals surface area contributed by atoms with E-state index in [2.05, 4.69) is 0 Å². The first-order valence-electron chi connectivity index (χ1n) is 5.03. The normalized spacial score (nSPS) is 12.9. The summed E-state index contributed by atoms with van der Waals surface area (Å²) in [5, 5.41) is 8.64. The van der Waals surface area contributed by atoms with Crippen LogP contribution in [0.2, 0.25) is 0 Å². The molecule has 0 spiro atoms. The number of rotatable bonds is 5. The van der Waals surface area contributed by atoms with Crippen LogP contribution in [-0.4, -0.2) is 30.4 Å². The van der Waals surface area contributed by atoms with E-state index in [-0.39, 0.29) is 28.4 Å². The Balaban J connectivity index is 2.75. The second kappa shape index (κ2) is 6.07. The Kier molecular flexibility index (Phi) is 4.99. The van der Waals surface area contributed by atoms with Crippen LogP contribution in [0.15, 0.2) is 18.2 Å². The highest BCUT2D eigenvalue weighted by Crippen LogP contribution is 2.14. The Morgan fingerprint density at radius 1 is 1.44 bits per heavy atom. The first kappa shape index (κ1) is 14.8. The Labute approximate surface area is 108 Å². The maximum Gasteiger partial charge on any atom is 0.148 e. The van der Waals surface area contributed by atoms with Crippen molar-refractivity contribution in [2.45, 2.75) is 5.75 Å². The lowest BCUT2D eigenvalue weighted by Crippen LogP contribution is -2.13. The minimum atomic E-state index is -3.17. The van der Waals surface area contributed by atoms with Crippen LogP contribution in [0.3, 0.4) is 0 Å². The molecule has 0 heterocycles. The topological polar surface area (TPSA) is 75.0 Å². The van der Waals surface area contributed by atoms with Gasteiger partial charge in [0.05, 0.1) is 17.1 Å². The summed E-state index contributed by atoms with van der Waals surface area (Å²) in [5.74, 6) is -1.00. The average Bonchev–Trinajstić information content (AvgIpc) is 2.28. The number of hydrogen-bond donors (Lipinski definition) is 0. The molecule has 0 amide bonds. The molecule has 7 heteroatoms. The molecule has 0 bridgehead atoms. The minimum Gasteiger partial charge on any atom is -0.259 e. The monoisotopic (exact) mass is 289 g/mol. The summed E-state index contributed by atoms with van der Waals surface area (Å²) in [4.78, 5) is 0. The van der Waals surface area contributed by atoms with Gasteiger partial charge in [-0.2, -0.15) is 5.26 Å². The Bertz CT molecular complexity index is 605. The van der Waals surface area contributed by atoms with Gasteiger partial charge in [-0.25, -0.2) is 12.8 Å². The van der Waals surface area contributed by atoms with Crippen molar-refractivity contribution in [3.63, 3.8) is 0 Å². The van der Waals surface area contributed by atoms with Gasteiger partial charge in [-0.15, -0.1) is 0 Å². The maximum atomic E-state index is 13.6. The van der Waals surface area contributed by atoms with E-state index >= 15 is 0 Å². The van der Waals surface area contributed by atoms with Crippen molar-refractivity contribution in [1.82, 2.24) is 0 Å². The molecule has 0 saturated heterocycles. The van der Waals surface area contributed by atoms with Gasteiger partial charge < -0.3 is 0 Å². The van der Waals surface area contributed by atoms with Crippen LogP contribution in [0.4, 0.5) is 4.39 Å². The molecule has 1 aromatic rings. The van der Waals surface area contributed by atoms with E-state index in [1.165, 1.54) is 18.2 Å². The van der Waals surface area contributed by atoms with Gasteiger partial charge in [-0.05, 0) is 6.07 Å². The zero-order valence-corrected chi connectivity index (χ0v) is 11.4. The fourth-order valence-corrected chi connectivity index (χ4v) is 3.94. The van der Waals surface area contributed by atoms with Crippen LogP contribution in [0.25, 0.3) is 0 Å². The van der Waals surface area contributed by atoms with E-state index in [9.17, 15) is 17.0 Å². The average molecular weight is 289 g/mol. The number of hydrogen-bond acceptors (Lipinski definition) is 4. The molecule has 1 unspecified atom stereocenters. The smallest absolute Gasteiger partial charge is 0.148 e. The van der Waals surface area contributed by atoms with Crippen molar-refractivity contribution in [2.75, 3.05) is 17.8 Å². The summed E-state index contributed by atoms with van der Waals surface area (Å²) in [6, 6.07) is 5.97. The summed E-state index contributed by atoms with van der Waals surface area (Å²) in [6.45, 7) is 0. The first-order chi connectivity index (χ1) is 8.33. The molecule has 0 aliphatic carbocycles. The van der Waals surface area contributed by atoms with Crippen molar-refractivity contribution in [3.05, 3.63) is 35.1 Å². The van der Waals surface area contributed by atoms with E-state index < -0.39 is 26.5 Å². The van der Waals surface area contributed by atoms with Gasteiger partial charge >= 0.3 is 0 Å². The zero-order chi connectivity index (χ0) is 13.8. The SMILES string of the molecule is CS(=O)(=O)CCS(=O)Cc1cccc(C#N)c1F. The predicted molar refractivity (Wildman–Crippen MR) is 67.5 cm³/mol. The van der Waals surface area contributed by atoms with Gasteiger partial charge in [0.2, 0.25) is 0 Å². The van der Waals surface area contributed by atoms with Gasteiger partial charge in [0.25, 0.3) is 0 Å². The first-order valence-corrected chi connectivity index (χ1v) is 8.58. The van der Waals surface area contributed by atoms with Crippen molar-refractivity contribution in [3.8, 4) is 6.07 Å². The molecular weight excluding hydrogens is 277 g/mol. The molecule has 98 valence electrons. The Morgan fingerprint density at radius 2 is 2.11 bits per heavy atom. The van der Waals surface area contributed by atoms with Crippen LogP contribution in [0.5, 0.6) is 0 Å². The number of halogens is 1. The maximum absolute atomic E-state index is 13.6. The molecule has 0 fully saturated rings. The van der Waals surface area contributed by atoms with Crippen molar-refractivity contribution in [1.29, 1.82) is 5.26 Å². The van der Waals surface area contributed by atoms with Crippen LogP contribution < -0.4 is 0 Å². The van der Waals surface area contributed by atoms with E-state index in [1.807, 2.05) is 0 Å². The van der Waals surface area contributed by atoms with Crippen LogP contribution >= 0.6 is 0 Å². The highest BCUT2D eigenvalue weighted by molar-refractivity contribution is 7.92. The third-order valence-electron chi connectivity index (χ3n) is 2.20. The van der Waals surface area contributed by atoms with E-state index in [1.54, 1.807) is 6.07 Å². The van der Waals surface area contributed by atoms with E-state index in [0.717, 1.165) is 6.26 Å². The third-order valence-corrected chi connectivity index (χ3v) is 4.69. The summed E-state index contributed by atoms with van der Waals surface area (Å²) in [5.41, 5.74) is 0.0634. The lowest BCUT2D eigenvalue weighted by Gasteiger charge is -2.04. The highest BCUT2D eigenvalue weighted by atomic mass is 32.2. The number of nitrogens with zero attached hydrogens (tertiary/aromatic N) is 1. The molecule has 0 aromatic heterocycles. The predicted octanol–water partition coefficient (Wildman–Crippen LogP) is 0.991. The quantitative estimate of drug-likeness (QED) is 0.810. The van der Waals surface area contributed by atoms with Crippen molar-refractivity contribution < 1.29 is 17.0 Å². The highest BCUT2D eigenvalue weighted by Gasteiger charge is 2.12. The molecule has 0 radical (unpaired) electrons. The fraction of sp³-hybridized carbons (Fsp3) is 0.364. The summed E-state index contributed by atoms with van der Waals surface area (Å²) in [6.07, 6.45) is 1.06.